The maximum atomic E-state index is 8.29. The molecule has 0 fully saturated rings. The molecule has 0 aliphatic carbocycles. The quantitative estimate of drug-likeness (QED) is 0.461. The minimum atomic E-state index is 0.0565. The van der Waals surface area contributed by atoms with Crippen LogP contribution in [0.5, 0.6) is 17.2 Å². The van der Waals surface area contributed by atoms with Gasteiger partial charge in [-0.1, -0.05) is 5.11 Å². The molecule has 2 aromatic rings. The summed E-state index contributed by atoms with van der Waals surface area (Å²) in [5.74, 6) is 2.37. The topological polar surface area (TPSA) is 102 Å². The Morgan fingerprint density at radius 1 is 1.19 bits per heavy atom. The summed E-state index contributed by atoms with van der Waals surface area (Å²) in [7, 11) is 4.61. The highest BCUT2D eigenvalue weighted by Crippen LogP contribution is 2.41. The van der Waals surface area contributed by atoms with E-state index in [2.05, 4.69) is 15.0 Å². The second-order valence-corrected chi connectivity index (χ2v) is 3.92. The Morgan fingerprint density at radius 2 is 1.86 bits per heavy atom. The van der Waals surface area contributed by atoms with E-state index in [0.29, 0.717) is 34.5 Å². The molecule has 1 aromatic carbocycles. The molecular formula is C13H14N4O4. The monoisotopic (exact) mass is 290 g/mol. The first-order chi connectivity index (χ1) is 10.2. The molecule has 8 nitrogen and oxygen atoms in total. The normalized spacial score (nSPS) is 9.86. The van der Waals surface area contributed by atoms with Crippen LogP contribution < -0.4 is 14.2 Å². The third kappa shape index (κ3) is 3.01. The first-order valence-electron chi connectivity index (χ1n) is 5.99. The first kappa shape index (κ1) is 14.5. The molecule has 2 rings (SSSR count). The van der Waals surface area contributed by atoms with Crippen molar-refractivity contribution >= 4 is 0 Å². The van der Waals surface area contributed by atoms with E-state index in [0.717, 1.165) is 0 Å². The van der Waals surface area contributed by atoms with Crippen LogP contribution in [0.25, 0.3) is 21.8 Å². The molecule has 0 aliphatic heterocycles. The van der Waals surface area contributed by atoms with Gasteiger partial charge in [0.05, 0.1) is 27.5 Å². The highest BCUT2D eigenvalue weighted by Gasteiger charge is 2.16. The van der Waals surface area contributed by atoms with E-state index in [1.54, 1.807) is 18.3 Å². The van der Waals surface area contributed by atoms with Gasteiger partial charge in [-0.2, -0.15) is 0 Å². The number of nitrogens with zero attached hydrogens (tertiary/aromatic N) is 4. The molecule has 0 spiro atoms. The maximum Gasteiger partial charge on any atom is 0.203 e. The molecule has 0 amide bonds. The molecule has 0 aliphatic rings. The maximum absolute atomic E-state index is 8.29. The number of methoxy groups -OCH3 is 3. The zero-order valence-corrected chi connectivity index (χ0v) is 11.9. The van der Waals surface area contributed by atoms with Crippen LogP contribution in [0.4, 0.5) is 0 Å². The van der Waals surface area contributed by atoms with Crippen molar-refractivity contribution in [1.29, 1.82) is 0 Å². The molecule has 0 unspecified atom stereocenters. The van der Waals surface area contributed by atoms with E-state index in [1.807, 2.05) is 0 Å². The van der Waals surface area contributed by atoms with Gasteiger partial charge in [0.2, 0.25) is 11.6 Å². The van der Waals surface area contributed by atoms with Crippen molar-refractivity contribution in [1.82, 2.24) is 4.98 Å². The van der Waals surface area contributed by atoms with Gasteiger partial charge in [-0.15, -0.1) is 0 Å². The van der Waals surface area contributed by atoms with Crippen molar-refractivity contribution in [2.45, 2.75) is 6.54 Å². The summed E-state index contributed by atoms with van der Waals surface area (Å²) >= 11 is 0. The lowest BCUT2D eigenvalue weighted by Crippen LogP contribution is -1.95. The van der Waals surface area contributed by atoms with E-state index in [9.17, 15) is 0 Å². The molecule has 0 atom stereocenters. The van der Waals surface area contributed by atoms with Crippen molar-refractivity contribution in [3.05, 3.63) is 34.7 Å². The Balaban J connectivity index is 2.43. The number of hydrogen-bond donors (Lipinski definition) is 0. The van der Waals surface area contributed by atoms with Gasteiger partial charge >= 0.3 is 0 Å². The van der Waals surface area contributed by atoms with Gasteiger partial charge in [-0.05, 0) is 17.7 Å². The Morgan fingerprint density at radius 3 is 2.38 bits per heavy atom. The van der Waals surface area contributed by atoms with Crippen molar-refractivity contribution < 1.29 is 18.6 Å². The van der Waals surface area contributed by atoms with Crippen molar-refractivity contribution in [3.63, 3.8) is 0 Å². The standard InChI is InChI=1S/C13H14N4O4/c1-18-9-4-8(5-10(19-2)13(9)20-3)11-6-15-12(21-11)7-16-17-14/h4-6H,7H2,1-3H3. The van der Waals surface area contributed by atoms with Crippen LogP contribution in [0.3, 0.4) is 0 Å². The summed E-state index contributed by atoms with van der Waals surface area (Å²) < 4.78 is 21.3. The third-order valence-corrected chi connectivity index (χ3v) is 2.77. The van der Waals surface area contributed by atoms with Crippen molar-refractivity contribution in [3.8, 4) is 28.6 Å². The molecule has 1 aromatic heterocycles. The van der Waals surface area contributed by atoms with E-state index >= 15 is 0 Å². The number of rotatable bonds is 6. The van der Waals surface area contributed by atoms with Crippen LogP contribution in [0.1, 0.15) is 5.89 Å². The number of oxazole rings is 1. The molecule has 0 bridgehead atoms. The molecule has 0 radical (unpaired) electrons. The average molecular weight is 290 g/mol. The first-order valence-corrected chi connectivity index (χ1v) is 5.99. The summed E-state index contributed by atoms with van der Waals surface area (Å²) in [5, 5.41) is 3.40. The van der Waals surface area contributed by atoms with E-state index in [-0.39, 0.29) is 6.54 Å². The lowest BCUT2D eigenvalue weighted by molar-refractivity contribution is 0.324. The molecule has 1 heterocycles. The summed E-state index contributed by atoms with van der Waals surface area (Å²) in [6.45, 7) is 0.0565. The van der Waals surface area contributed by atoms with Gasteiger partial charge in [-0.25, -0.2) is 4.98 Å². The van der Waals surface area contributed by atoms with Crippen LogP contribution >= 0.6 is 0 Å². The second-order valence-electron chi connectivity index (χ2n) is 3.92. The number of benzene rings is 1. The summed E-state index contributed by atoms with van der Waals surface area (Å²) in [4.78, 5) is 6.70. The van der Waals surface area contributed by atoms with Gasteiger partial charge in [-0.3, -0.25) is 0 Å². The zero-order chi connectivity index (χ0) is 15.2. The van der Waals surface area contributed by atoms with Crippen molar-refractivity contribution in [2.24, 2.45) is 5.11 Å². The largest absolute Gasteiger partial charge is 0.493 e. The highest BCUT2D eigenvalue weighted by atomic mass is 16.5. The fourth-order valence-corrected chi connectivity index (χ4v) is 1.83. The fourth-order valence-electron chi connectivity index (χ4n) is 1.83. The summed E-state index contributed by atoms with van der Waals surface area (Å²) in [5.41, 5.74) is 9.00. The number of azide groups is 1. The molecule has 21 heavy (non-hydrogen) atoms. The second kappa shape index (κ2) is 6.53. The Hall–Kier alpha value is -2.86. The van der Waals surface area contributed by atoms with Gasteiger partial charge in [0.1, 0.15) is 6.54 Å². The predicted molar refractivity (Wildman–Crippen MR) is 74.4 cm³/mol. The number of ether oxygens (including phenoxy) is 3. The smallest absolute Gasteiger partial charge is 0.203 e. The zero-order valence-electron chi connectivity index (χ0n) is 11.9. The van der Waals surface area contributed by atoms with Crippen LogP contribution in [-0.2, 0) is 6.54 Å². The lowest BCUT2D eigenvalue weighted by Gasteiger charge is -2.13. The third-order valence-electron chi connectivity index (χ3n) is 2.77. The molecule has 110 valence electrons. The van der Waals surface area contributed by atoms with Crippen LogP contribution in [0.15, 0.2) is 27.9 Å². The Labute approximate surface area is 120 Å². The van der Waals surface area contributed by atoms with E-state index in [4.69, 9.17) is 24.2 Å². The molecule has 8 heteroatoms. The molecule has 0 N–H and O–H groups in total. The molecular weight excluding hydrogens is 276 g/mol. The van der Waals surface area contributed by atoms with Gasteiger partial charge in [0.25, 0.3) is 0 Å². The van der Waals surface area contributed by atoms with E-state index < -0.39 is 0 Å². The number of hydrogen-bond acceptors (Lipinski definition) is 6. The SMILES string of the molecule is COc1cc(-c2cnc(CN=[N+]=[N-])o2)cc(OC)c1OC. The molecule has 0 saturated heterocycles. The minimum Gasteiger partial charge on any atom is -0.493 e. The van der Waals surface area contributed by atoms with Gasteiger partial charge < -0.3 is 18.6 Å². The fraction of sp³-hybridized carbons (Fsp3) is 0.308. The Bertz CT molecular complexity index is 652. The predicted octanol–water partition coefficient (Wildman–Crippen LogP) is 3.18. The molecule has 0 saturated carbocycles. The highest BCUT2D eigenvalue weighted by molar-refractivity contribution is 5.67. The van der Waals surface area contributed by atoms with E-state index in [1.165, 1.54) is 21.3 Å². The van der Waals surface area contributed by atoms with Gasteiger partial charge in [0, 0.05) is 10.5 Å². The summed E-state index contributed by atoms with van der Waals surface area (Å²) in [6.07, 6.45) is 1.54. The van der Waals surface area contributed by atoms with Crippen LogP contribution in [-0.4, -0.2) is 26.3 Å². The van der Waals surface area contributed by atoms with Gasteiger partial charge in [0.15, 0.2) is 17.3 Å². The van der Waals surface area contributed by atoms with Crippen molar-refractivity contribution in [2.75, 3.05) is 21.3 Å². The average Bonchev–Trinajstić information content (AvgIpc) is 3.00. The summed E-state index contributed by atoms with van der Waals surface area (Å²) in [6, 6.07) is 3.50. The Kier molecular flexibility index (Phi) is 4.53. The van der Waals surface area contributed by atoms with Crippen LogP contribution in [0, 0.1) is 0 Å². The van der Waals surface area contributed by atoms with Crippen LogP contribution in [0.2, 0.25) is 0 Å². The number of aromatic nitrogens is 1. The minimum absolute atomic E-state index is 0.0565. The lowest BCUT2D eigenvalue weighted by atomic mass is 10.1.